The lowest BCUT2D eigenvalue weighted by molar-refractivity contribution is 0.000919. The van der Waals surface area contributed by atoms with Crippen LogP contribution < -0.4 is 0 Å². The molecule has 0 aromatic carbocycles. The molecule has 1 heterocycles. The molecule has 1 rings (SSSR count). The maximum Gasteiger partial charge on any atom is 0.251 e. The van der Waals surface area contributed by atoms with Gasteiger partial charge in [0, 0.05) is 26.2 Å². The largest absolute Gasteiger partial charge is 0.390 e. The van der Waals surface area contributed by atoms with E-state index in [-0.39, 0.29) is 6.54 Å². The van der Waals surface area contributed by atoms with Crippen LogP contribution in [0.2, 0.25) is 0 Å². The van der Waals surface area contributed by atoms with Crippen molar-refractivity contribution in [2.75, 3.05) is 52.5 Å². The summed E-state index contributed by atoms with van der Waals surface area (Å²) in [5, 5.41) is 9.94. The van der Waals surface area contributed by atoms with E-state index in [1.54, 1.807) is 4.90 Å². The topological polar surface area (TPSA) is 35.9 Å². The van der Waals surface area contributed by atoms with Crippen molar-refractivity contribution in [3.05, 3.63) is 0 Å². The molecule has 0 aromatic heterocycles. The lowest BCUT2D eigenvalue weighted by Crippen LogP contribution is -2.45. The Morgan fingerprint density at radius 3 is 2.50 bits per heavy atom. The van der Waals surface area contributed by atoms with Crippen LogP contribution in [0.1, 0.15) is 13.3 Å². The molecule has 4 nitrogen and oxygen atoms in total. The van der Waals surface area contributed by atoms with Crippen molar-refractivity contribution in [3.8, 4) is 0 Å². The van der Waals surface area contributed by atoms with E-state index in [0.29, 0.717) is 32.8 Å². The van der Waals surface area contributed by atoms with Crippen LogP contribution in [0.5, 0.6) is 0 Å². The molecule has 1 fully saturated rings. The fourth-order valence-corrected chi connectivity index (χ4v) is 2.21. The van der Waals surface area contributed by atoms with Crippen molar-refractivity contribution in [2.24, 2.45) is 0 Å². The van der Waals surface area contributed by atoms with Gasteiger partial charge in [0.15, 0.2) is 0 Å². The van der Waals surface area contributed by atoms with Gasteiger partial charge < -0.3 is 9.84 Å². The zero-order valence-electron chi connectivity index (χ0n) is 11.0. The van der Waals surface area contributed by atoms with Crippen molar-refractivity contribution in [2.45, 2.75) is 25.9 Å². The van der Waals surface area contributed by atoms with Crippen LogP contribution in [-0.4, -0.2) is 79.9 Å². The van der Waals surface area contributed by atoms with E-state index in [9.17, 15) is 13.9 Å². The first-order valence-corrected chi connectivity index (χ1v) is 6.60. The summed E-state index contributed by atoms with van der Waals surface area (Å²) in [5.74, 6) is 0. The van der Waals surface area contributed by atoms with Crippen LogP contribution in [-0.2, 0) is 4.74 Å². The highest BCUT2D eigenvalue weighted by Crippen LogP contribution is 2.04. The van der Waals surface area contributed by atoms with Gasteiger partial charge in [-0.25, -0.2) is 8.78 Å². The third kappa shape index (κ3) is 6.58. The van der Waals surface area contributed by atoms with Crippen molar-refractivity contribution >= 4 is 0 Å². The number of hydrogen-bond acceptors (Lipinski definition) is 4. The Hall–Kier alpha value is -0.300. The normalized spacial score (nSPS) is 19.7. The van der Waals surface area contributed by atoms with Crippen molar-refractivity contribution in [3.63, 3.8) is 0 Å². The molecule has 1 atom stereocenters. The number of alkyl halides is 2. The predicted molar refractivity (Wildman–Crippen MR) is 66.0 cm³/mol. The monoisotopic (exact) mass is 266 g/mol. The van der Waals surface area contributed by atoms with Gasteiger partial charge in [-0.05, 0) is 13.0 Å². The molecule has 1 aliphatic rings. The van der Waals surface area contributed by atoms with Crippen LogP contribution in [0.15, 0.2) is 0 Å². The van der Waals surface area contributed by atoms with E-state index in [0.717, 1.165) is 19.5 Å². The van der Waals surface area contributed by atoms with Gasteiger partial charge in [-0.3, -0.25) is 9.80 Å². The van der Waals surface area contributed by atoms with E-state index < -0.39 is 12.5 Å². The number of β-amino-alcohol motifs (C(OH)–C–C–N with tert-alkyl or cyclic N) is 1. The van der Waals surface area contributed by atoms with Crippen LogP contribution in [0, 0.1) is 0 Å². The zero-order valence-corrected chi connectivity index (χ0v) is 11.0. The van der Waals surface area contributed by atoms with Gasteiger partial charge in [-0.15, -0.1) is 0 Å². The number of halogens is 2. The molecule has 0 radical (unpaired) electrons. The summed E-state index contributed by atoms with van der Waals surface area (Å²) in [6, 6.07) is 0. The number of ether oxygens (including phenoxy) is 1. The van der Waals surface area contributed by atoms with Crippen molar-refractivity contribution < 1.29 is 18.6 Å². The molecule has 6 heteroatoms. The highest BCUT2D eigenvalue weighted by atomic mass is 19.3. The number of rotatable bonds is 8. The first-order valence-electron chi connectivity index (χ1n) is 6.60. The third-order valence-corrected chi connectivity index (χ3v) is 2.98. The fourth-order valence-electron chi connectivity index (χ4n) is 2.21. The molecule has 0 spiro atoms. The number of hydrogen-bond donors (Lipinski definition) is 1. The summed E-state index contributed by atoms with van der Waals surface area (Å²) in [6.07, 6.45) is -2.10. The van der Waals surface area contributed by atoms with Crippen molar-refractivity contribution in [1.29, 1.82) is 0 Å². The fraction of sp³-hybridized carbons (Fsp3) is 1.00. The number of morpholine rings is 1. The summed E-state index contributed by atoms with van der Waals surface area (Å²) in [7, 11) is 0. The molecule has 1 saturated heterocycles. The Balaban J connectivity index is 2.27. The minimum atomic E-state index is -2.34. The first kappa shape index (κ1) is 15.8. The quantitative estimate of drug-likeness (QED) is 0.700. The van der Waals surface area contributed by atoms with E-state index in [1.165, 1.54) is 0 Å². The number of aliphatic hydroxyl groups is 1. The summed E-state index contributed by atoms with van der Waals surface area (Å²) >= 11 is 0. The molecular formula is C12H24F2N2O2. The Bertz CT molecular complexity index is 214. The Morgan fingerprint density at radius 1 is 1.28 bits per heavy atom. The lowest BCUT2D eigenvalue weighted by atomic mass is 10.2. The average Bonchev–Trinajstić information content (AvgIpc) is 2.29. The smallest absolute Gasteiger partial charge is 0.251 e. The minimum absolute atomic E-state index is 0.256. The van der Waals surface area contributed by atoms with Crippen LogP contribution in [0.3, 0.4) is 0 Å². The van der Waals surface area contributed by atoms with Crippen LogP contribution in [0.4, 0.5) is 8.78 Å². The highest BCUT2D eigenvalue weighted by Gasteiger charge is 2.19. The van der Waals surface area contributed by atoms with Gasteiger partial charge in [0.25, 0.3) is 6.43 Å². The summed E-state index contributed by atoms with van der Waals surface area (Å²) in [6.45, 7) is 6.12. The second-order valence-electron chi connectivity index (χ2n) is 4.72. The van der Waals surface area contributed by atoms with E-state index in [1.807, 2.05) is 6.92 Å². The molecule has 18 heavy (non-hydrogen) atoms. The van der Waals surface area contributed by atoms with Gasteiger partial charge in [0.05, 0.1) is 25.9 Å². The van der Waals surface area contributed by atoms with Gasteiger partial charge in [-0.1, -0.05) is 6.92 Å². The molecule has 0 amide bonds. The molecule has 0 aromatic rings. The zero-order chi connectivity index (χ0) is 13.4. The minimum Gasteiger partial charge on any atom is -0.390 e. The van der Waals surface area contributed by atoms with Gasteiger partial charge in [-0.2, -0.15) is 0 Å². The number of aliphatic hydroxyl groups excluding tert-OH is 1. The molecule has 0 saturated carbocycles. The molecule has 1 N–H and O–H groups in total. The van der Waals surface area contributed by atoms with E-state index >= 15 is 0 Å². The molecule has 0 aliphatic carbocycles. The SMILES string of the molecule is CCCN(CC(F)F)CC(O)CN1CCOCC1. The van der Waals surface area contributed by atoms with Gasteiger partial charge in [0.2, 0.25) is 0 Å². The third-order valence-electron chi connectivity index (χ3n) is 2.98. The average molecular weight is 266 g/mol. The predicted octanol–water partition coefficient (Wildman–Crippen LogP) is 0.657. The molecule has 1 unspecified atom stereocenters. The summed E-state index contributed by atoms with van der Waals surface area (Å²) < 4.78 is 30.0. The number of nitrogens with zero attached hydrogens (tertiary/aromatic N) is 2. The summed E-state index contributed by atoms with van der Waals surface area (Å²) in [4.78, 5) is 3.75. The van der Waals surface area contributed by atoms with Crippen molar-refractivity contribution in [1.82, 2.24) is 9.80 Å². The molecule has 0 bridgehead atoms. The van der Waals surface area contributed by atoms with Gasteiger partial charge in [0.1, 0.15) is 0 Å². The molecular weight excluding hydrogens is 242 g/mol. The van der Waals surface area contributed by atoms with E-state index in [2.05, 4.69) is 4.90 Å². The summed E-state index contributed by atoms with van der Waals surface area (Å²) in [5.41, 5.74) is 0. The maximum absolute atomic E-state index is 12.4. The Morgan fingerprint density at radius 2 is 1.94 bits per heavy atom. The second kappa shape index (κ2) is 8.74. The lowest BCUT2D eigenvalue weighted by Gasteiger charge is -2.31. The maximum atomic E-state index is 12.4. The highest BCUT2D eigenvalue weighted by molar-refractivity contribution is 4.71. The van der Waals surface area contributed by atoms with E-state index in [4.69, 9.17) is 4.74 Å². The van der Waals surface area contributed by atoms with Crippen LogP contribution in [0.25, 0.3) is 0 Å². The van der Waals surface area contributed by atoms with Gasteiger partial charge >= 0.3 is 0 Å². The Labute approximate surface area is 108 Å². The second-order valence-corrected chi connectivity index (χ2v) is 4.72. The molecule has 1 aliphatic heterocycles. The Kier molecular flexibility index (Phi) is 7.65. The van der Waals surface area contributed by atoms with Crippen LogP contribution >= 0.6 is 0 Å². The molecule has 108 valence electrons. The standard InChI is InChI=1S/C12H24F2N2O2/c1-2-3-16(10-12(13)14)9-11(17)8-15-4-6-18-7-5-15/h11-12,17H,2-10H2,1H3. The first-order chi connectivity index (χ1) is 8.61.